The van der Waals surface area contributed by atoms with Gasteiger partial charge in [-0.05, 0) is 25.8 Å². The van der Waals surface area contributed by atoms with Gasteiger partial charge < -0.3 is 5.11 Å². The molecule has 14 heavy (non-hydrogen) atoms. The lowest BCUT2D eigenvalue weighted by atomic mass is 9.86. The van der Waals surface area contributed by atoms with Crippen LogP contribution in [0.15, 0.2) is 12.3 Å². The molecule has 0 radical (unpaired) electrons. The van der Waals surface area contributed by atoms with Crippen molar-refractivity contribution >= 4 is 0 Å². The van der Waals surface area contributed by atoms with E-state index >= 15 is 0 Å². The molecule has 0 aromatic carbocycles. The van der Waals surface area contributed by atoms with Crippen molar-refractivity contribution in [3.05, 3.63) is 18.0 Å². The van der Waals surface area contributed by atoms with Crippen LogP contribution in [-0.2, 0) is 6.54 Å². The molecule has 2 unspecified atom stereocenters. The van der Waals surface area contributed by atoms with Crippen LogP contribution in [-0.4, -0.2) is 21.0 Å². The second-order valence-corrected chi connectivity index (χ2v) is 4.29. The van der Waals surface area contributed by atoms with Gasteiger partial charge in [-0.3, -0.25) is 4.68 Å². The van der Waals surface area contributed by atoms with Crippen LogP contribution in [0.3, 0.4) is 0 Å². The summed E-state index contributed by atoms with van der Waals surface area (Å²) in [6.07, 6.45) is 6.41. The second kappa shape index (κ2) is 4.13. The zero-order chi connectivity index (χ0) is 9.97. The molecule has 2 atom stereocenters. The Morgan fingerprint density at radius 2 is 2.29 bits per heavy atom. The van der Waals surface area contributed by atoms with Crippen LogP contribution in [0, 0.1) is 12.8 Å². The van der Waals surface area contributed by atoms with Crippen molar-refractivity contribution in [2.75, 3.05) is 0 Å². The van der Waals surface area contributed by atoms with Crippen LogP contribution in [0.2, 0.25) is 0 Å². The molecule has 1 aliphatic carbocycles. The van der Waals surface area contributed by atoms with E-state index in [1.807, 2.05) is 23.9 Å². The largest absolute Gasteiger partial charge is 0.393 e. The van der Waals surface area contributed by atoms with Gasteiger partial charge >= 0.3 is 0 Å². The molecule has 0 bridgehead atoms. The van der Waals surface area contributed by atoms with E-state index in [1.165, 1.54) is 12.8 Å². The van der Waals surface area contributed by atoms with Crippen molar-refractivity contribution in [1.82, 2.24) is 9.78 Å². The zero-order valence-electron chi connectivity index (χ0n) is 8.69. The Morgan fingerprint density at radius 3 is 2.93 bits per heavy atom. The number of hydrogen-bond acceptors (Lipinski definition) is 2. The first-order chi connectivity index (χ1) is 6.75. The summed E-state index contributed by atoms with van der Waals surface area (Å²) in [5.74, 6) is 0.406. The molecular weight excluding hydrogens is 176 g/mol. The Bertz CT molecular complexity index is 295. The highest BCUT2D eigenvalue weighted by Gasteiger charge is 2.23. The number of hydrogen-bond donors (Lipinski definition) is 1. The van der Waals surface area contributed by atoms with Crippen molar-refractivity contribution < 1.29 is 5.11 Å². The predicted molar refractivity (Wildman–Crippen MR) is 54.9 cm³/mol. The molecule has 78 valence electrons. The van der Waals surface area contributed by atoms with E-state index < -0.39 is 0 Å². The molecule has 0 amide bonds. The summed E-state index contributed by atoms with van der Waals surface area (Å²) < 4.78 is 1.95. The fourth-order valence-corrected chi connectivity index (χ4v) is 2.21. The number of aliphatic hydroxyl groups excluding tert-OH is 1. The van der Waals surface area contributed by atoms with Gasteiger partial charge in [0.05, 0.1) is 11.8 Å². The highest BCUT2D eigenvalue weighted by Crippen LogP contribution is 2.25. The van der Waals surface area contributed by atoms with Gasteiger partial charge in [0.1, 0.15) is 0 Å². The van der Waals surface area contributed by atoms with E-state index in [-0.39, 0.29) is 6.10 Å². The van der Waals surface area contributed by atoms with Gasteiger partial charge in [0.25, 0.3) is 0 Å². The topological polar surface area (TPSA) is 38.0 Å². The minimum absolute atomic E-state index is 0.117. The molecule has 1 saturated carbocycles. The predicted octanol–water partition coefficient (Wildman–Crippen LogP) is 1.74. The molecule has 1 aromatic rings. The van der Waals surface area contributed by atoms with Crippen LogP contribution in [0.4, 0.5) is 0 Å². The highest BCUT2D eigenvalue weighted by molar-refractivity contribution is 4.95. The first-order valence-corrected chi connectivity index (χ1v) is 5.44. The molecule has 0 saturated heterocycles. The van der Waals surface area contributed by atoms with E-state index in [9.17, 15) is 5.11 Å². The van der Waals surface area contributed by atoms with Gasteiger partial charge in [0.2, 0.25) is 0 Å². The lowest BCUT2D eigenvalue weighted by Gasteiger charge is -2.27. The third-order valence-electron chi connectivity index (χ3n) is 3.06. The molecule has 3 nitrogen and oxygen atoms in total. The molecule has 1 aliphatic rings. The average Bonchev–Trinajstić information content (AvgIpc) is 2.56. The minimum Gasteiger partial charge on any atom is -0.393 e. The van der Waals surface area contributed by atoms with E-state index in [1.54, 1.807) is 0 Å². The number of aromatic nitrogens is 2. The fraction of sp³-hybridized carbons (Fsp3) is 0.727. The second-order valence-electron chi connectivity index (χ2n) is 4.29. The lowest BCUT2D eigenvalue weighted by molar-refractivity contribution is 0.0586. The van der Waals surface area contributed by atoms with Gasteiger partial charge in [0.15, 0.2) is 0 Å². The molecule has 2 rings (SSSR count). The van der Waals surface area contributed by atoms with Gasteiger partial charge in [-0.15, -0.1) is 0 Å². The molecular formula is C11H18N2O. The third-order valence-corrected chi connectivity index (χ3v) is 3.06. The van der Waals surface area contributed by atoms with Crippen LogP contribution < -0.4 is 0 Å². The quantitative estimate of drug-likeness (QED) is 0.778. The highest BCUT2D eigenvalue weighted by atomic mass is 16.3. The summed E-state index contributed by atoms with van der Waals surface area (Å²) in [5, 5.41) is 14.1. The summed E-state index contributed by atoms with van der Waals surface area (Å²) in [5.41, 5.74) is 1.05. The average molecular weight is 194 g/mol. The van der Waals surface area contributed by atoms with E-state index in [4.69, 9.17) is 0 Å². The molecule has 3 heteroatoms. The first-order valence-electron chi connectivity index (χ1n) is 5.44. The Labute approximate surface area is 84.7 Å². The normalized spacial score (nSPS) is 27.9. The SMILES string of the molecule is Cc1ccn(CC2CCCCC2O)n1. The van der Waals surface area contributed by atoms with Crippen LogP contribution in [0.5, 0.6) is 0 Å². The van der Waals surface area contributed by atoms with Crippen LogP contribution >= 0.6 is 0 Å². The molecule has 0 aliphatic heterocycles. The van der Waals surface area contributed by atoms with Crippen LogP contribution in [0.25, 0.3) is 0 Å². The molecule has 1 heterocycles. The van der Waals surface area contributed by atoms with Crippen molar-refractivity contribution in [3.63, 3.8) is 0 Å². The van der Waals surface area contributed by atoms with Gasteiger partial charge in [-0.2, -0.15) is 5.10 Å². The van der Waals surface area contributed by atoms with Crippen molar-refractivity contribution in [2.24, 2.45) is 5.92 Å². The van der Waals surface area contributed by atoms with Gasteiger partial charge in [-0.1, -0.05) is 12.8 Å². The number of aryl methyl sites for hydroxylation is 1. The summed E-state index contributed by atoms with van der Waals surface area (Å²) in [4.78, 5) is 0. The monoisotopic (exact) mass is 194 g/mol. The number of nitrogens with zero attached hydrogens (tertiary/aromatic N) is 2. The summed E-state index contributed by atoms with van der Waals surface area (Å²) in [6, 6.07) is 2.01. The maximum atomic E-state index is 9.80. The molecule has 1 N–H and O–H groups in total. The van der Waals surface area contributed by atoms with Crippen molar-refractivity contribution in [2.45, 2.75) is 45.3 Å². The Balaban J connectivity index is 1.95. The minimum atomic E-state index is -0.117. The number of aliphatic hydroxyl groups is 1. The van der Waals surface area contributed by atoms with E-state index in [0.29, 0.717) is 5.92 Å². The Hall–Kier alpha value is -0.830. The van der Waals surface area contributed by atoms with Crippen molar-refractivity contribution in [1.29, 1.82) is 0 Å². The smallest absolute Gasteiger partial charge is 0.0593 e. The van der Waals surface area contributed by atoms with Crippen LogP contribution in [0.1, 0.15) is 31.4 Å². The maximum absolute atomic E-state index is 9.80. The van der Waals surface area contributed by atoms with Gasteiger partial charge in [-0.25, -0.2) is 0 Å². The lowest BCUT2D eigenvalue weighted by Crippen LogP contribution is -2.28. The Kier molecular flexibility index (Phi) is 2.87. The number of rotatable bonds is 2. The summed E-state index contributed by atoms with van der Waals surface area (Å²) >= 11 is 0. The maximum Gasteiger partial charge on any atom is 0.0593 e. The molecule has 0 spiro atoms. The van der Waals surface area contributed by atoms with Crippen molar-refractivity contribution in [3.8, 4) is 0 Å². The molecule has 1 fully saturated rings. The standard InChI is InChI=1S/C11H18N2O/c1-9-6-7-13(12-9)8-10-4-2-3-5-11(10)14/h6-7,10-11,14H,2-5,8H2,1H3. The summed E-state index contributed by atoms with van der Waals surface area (Å²) in [6.45, 7) is 2.86. The zero-order valence-corrected chi connectivity index (χ0v) is 8.69. The van der Waals surface area contributed by atoms with E-state index in [2.05, 4.69) is 5.10 Å². The fourth-order valence-electron chi connectivity index (χ4n) is 2.21. The Morgan fingerprint density at radius 1 is 1.50 bits per heavy atom. The third kappa shape index (κ3) is 2.15. The van der Waals surface area contributed by atoms with Gasteiger partial charge in [0, 0.05) is 18.7 Å². The molecule has 1 aromatic heterocycles. The summed E-state index contributed by atoms with van der Waals surface area (Å²) in [7, 11) is 0. The first kappa shape index (κ1) is 9.71. The van der Waals surface area contributed by atoms with E-state index in [0.717, 1.165) is 25.1 Å².